The molecule has 0 fully saturated rings. The van der Waals surface area contributed by atoms with E-state index in [0.717, 1.165) is 58.4 Å². The summed E-state index contributed by atoms with van der Waals surface area (Å²) in [5, 5.41) is 4.88. The average molecular weight is 478 g/mol. The third kappa shape index (κ3) is 6.02. The number of methoxy groups -OCH3 is 1. The molecule has 8 heteroatoms. The Morgan fingerprint density at radius 2 is 1.82 bits per heavy atom. The second-order valence-corrected chi connectivity index (χ2v) is 8.06. The first kappa shape index (κ1) is 25.0. The maximum atomic E-state index is 12.2. The summed E-state index contributed by atoms with van der Waals surface area (Å²) in [6, 6.07) is 18.3. The largest absolute Gasteiger partial charge is 0.464 e. The van der Waals surface area contributed by atoms with Crippen molar-refractivity contribution in [2.75, 3.05) is 7.11 Å². The summed E-state index contributed by atoms with van der Waals surface area (Å²) >= 11 is -0.750. The Morgan fingerprint density at radius 3 is 2.50 bits per heavy atom. The van der Waals surface area contributed by atoms with Gasteiger partial charge in [-0.3, -0.25) is 0 Å². The van der Waals surface area contributed by atoms with E-state index in [2.05, 4.69) is 49.2 Å². The molecule has 0 spiro atoms. The van der Waals surface area contributed by atoms with Crippen LogP contribution in [0.3, 0.4) is 0 Å². The van der Waals surface area contributed by atoms with Crippen LogP contribution in [0, 0.1) is 6.92 Å². The minimum absolute atomic E-state index is 0.361. The molecule has 176 valence electrons. The van der Waals surface area contributed by atoms with Gasteiger partial charge in [-0.1, -0.05) is 49.7 Å². The zero-order valence-electron chi connectivity index (χ0n) is 19.5. The van der Waals surface area contributed by atoms with Crippen molar-refractivity contribution >= 4 is 23.1 Å². The zero-order chi connectivity index (χ0) is 24.5. The summed E-state index contributed by atoms with van der Waals surface area (Å²) < 4.78 is 23.5. The number of fused-ring (bicyclic) bond motifs is 1. The van der Waals surface area contributed by atoms with Gasteiger partial charge in [0.2, 0.25) is 0 Å². The normalized spacial score (nSPS) is 10.4. The highest BCUT2D eigenvalue weighted by molar-refractivity contribution is 7.51. The van der Waals surface area contributed by atoms with E-state index in [1.165, 1.54) is 7.11 Å². The molecule has 0 bridgehead atoms. The van der Waals surface area contributed by atoms with Crippen molar-refractivity contribution in [3.05, 3.63) is 88.9 Å². The highest BCUT2D eigenvalue weighted by Crippen LogP contribution is 2.29. The third-order valence-corrected chi connectivity index (χ3v) is 5.44. The van der Waals surface area contributed by atoms with E-state index in [-0.39, 0.29) is 0 Å². The van der Waals surface area contributed by atoms with Crippen molar-refractivity contribution in [1.82, 2.24) is 14.6 Å². The van der Waals surface area contributed by atoms with E-state index >= 15 is 0 Å². The summed E-state index contributed by atoms with van der Waals surface area (Å²) in [6.45, 7) is 4.22. The van der Waals surface area contributed by atoms with E-state index in [0.29, 0.717) is 12.1 Å². The first-order valence-electron chi connectivity index (χ1n) is 11.0. The number of ether oxygens (including phenoxy) is 1. The average Bonchev–Trinajstić information content (AvgIpc) is 3.20. The smallest absolute Gasteiger partial charge is 0.356 e. The maximum absolute atomic E-state index is 12.2. The van der Waals surface area contributed by atoms with Crippen LogP contribution in [0.1, 0.15) is 52.6 Å². The molecule has 0 aliphatic heterocycles. The Kier molecular flexibility index (Phi) is 8.81. The van der Waals surface area contributed by atoms with Crippen molar-refractivity contribution in [3.8, 4) is 11.3 Å². The van der Waals surface area contributed by atoms with Crippen LogP contribution in [0.25, 0.3) is 16.8 Å². The van der Waals surface area contributed by atoms with Gasteiger partial charge in [-0.05, 0) is 49.1 Å². The Balaban J connectivity index is 0.00000103. The van der Waals surface area contributed by atoms with Crippen LogP contribution < -0.4 is 0 Å². The summed E-state index contributed by atoms with van der Waals surface area (Å²) in [4.78, 5) is 16.9. The Labute approximate surface area is 202 Å². The van der Waals surface area contributed by atoms with Crippen LogP contribution in [0.4, 0.5) is 0 Å². The number of aryl methyl sites for hydroxylation is 2. The van der Waals surface area contributed by atoms with E-state index in [1.54, 1.807) is 0 Å². The predicted octanol–water partition coefficient (Wildman–Crippen LogP) is 4.75. The lowest BCUT2D eigenvalue weighted by atomic mass is 10.00. The second-order valence-electron chi connectivity index (χ2n) is 7.92. The van der Waals surface area contributed by atoms with E-state index in [4.69, 9.17) is 18.3 Å². The quantitative estimate of drug-likeness (QED) is 0.357. The van der Waals surface area contributed by atoms with Gasteiger partial charge in [0.05, 0.1) is 18.3 Å². The number of unbranched alkanes of at least 4 members (excludes halogenated alkanes) is 1. The molecule has 0 saturated carbocycles. The van der Waals surface area contributed by atoms with Gasteiger partial charge in [-0.25, -0.2) is 14.3 Å². The number of aromatic nitrogens is 3. The number of nitrogens with zero attached hydrogens (tertiary/aromatic N) is 3. The molecule has 0 saturated heterocycles. The first-order valence-corrected chi connectivity index (χ1v) is 11.7. The van der Waals surface area contributed by atoms with Crippen molar-refractivity contribution < 1.29 is 17.9 Å². The van der Waals surface area contributed by atoms with E-state index < -0.39 is 17.5 Å². The number of hydrogen-bond acceptors (Lipinski definition) is 6. The standard InChI is InChI=1S/C26H27N3O2.O2S/c1-4-5-9-19-14-21(27-23(15-19)26(30)31-3)16-22-24-13-12-18(2)17-29(24)28-25(22)20-10-7-6-8-11-20;1-3-2/h6-8,10-15,17H,4-5,9,16H2,1-3H3;. The fourth-order valence-electron chi connectivity index (χ4n) is 3.86. The number of carbonyl (C=O) groups is 1. The van der Waals surface area contributed by atoms with E-state index in [9.17, 15) is 4.79 Å². The number of esters is 1. The van der Waals surface area contributed by atoms with Crippen LogP contribution in [0.2, 0.25) is 0 Å². The predicted molar refractivity (Wildman–Crippen MR) is 131 cm³/mol. The fourth-order valence-corrected chi connectivity index (χ4v) is 3.86. The topological polar surface area (TPSA) is 90.6 Å². The molecule has 3 aromatic heterocycles. The molecule has 0 N–H and O–H groups in total. The molecular formula is C26H27N3O4S. The summed E-state index contributed by atoms with van der Waals surface area (Å²) in [6.07, 6.45) is 5.69. The van der Waals surface area contributed by atoms with Gasteiger partial charge in [0.15, 0.2) is 0 Å². The van der Waals surface area contributed by atoms with Gasteiger partial charge < -0.3 is 4.74 Å². The zero-order valence-corrected chi connectivity index (χ0v) is 20.3. The maximum Gasteiger partial charge on any atom is 0.356 e. The molecule has 0 atom stereocenters. The third-order valence-electron chi connectivity index (χ3n) is 5.44. The molecule has 7 nitrogen and oxygen atoms in total. The van der Waals surface area contributed by atoms with Crippen LogP contribution in [-0.4, -0.2) is 36.1 Å². The fraction of sp³-hybridized carbons (Fsp3) is 0.269. The van der Waals surface area contributed by atoms with Gasteiger partial charge in [0, 0.05) is 29.4 Å². The SMILES string of the molecule is CCCCc1cc(Cc2c(-c3ccccc3)nn3cc(C)ccc23)nc(C(=O)OC)c1.O=S=O. The Morgan fingerprint density at radius 1 is 1.09 bits per heavy atom. The molecule has 0 aliphatic carbocycles. The van der Waals surface area contributed by atoms with Crippen molar-refractivity contribution in [2.24, 2.45) is 0 Å². The molecule has 0 radical (unpaired) electrons. The van der Waals surface area contributed by atoms with Gasteiger partial charge in [-0.2, -0.15) is 13.5 Å². The van der Waals surface area contributed by atoms with Gasteiger partial charge in [-0.15, -0.1) is 0 Å². The molecule has 4 rings (SSSR count). The molecule has 0 unspecified atom stereocenters. The van der Waals surface area contributed by atoms with E-state index in [1.807, 2.05) is 35.0 Å². The highest BCUT2D eigenvalue weighted by atomic mass is 32.1. The lowest BCUT2D eigenvalue weighted by Gasteiger charge is -2.09. The number of hydrogen-bond donors (Lipinski definition) is 0. The van der Waals surface area contributed by atoms with Crippen molar-refractivity contribution in [3.63, 3.8) is 0 Å². The lowest BCUT2D eigenvalue weighted by molar-refractivity contribution is 0.0593. The number of rotatable bonds is 7. The minimum Gasteiger partial charge on any atom is -0.464 e. The molecule has 3 heterocycles. The number of benzene rings is 1. The van der Waals surface area contributed by atoms with Crippen molar-refractivity contribution in [1.29, 1.82) is 0 Å². The van der Waals surface area contributed by atoms with Crippen LogP contribution in [-0.2, 0) is 29.1 Å². The first-order chi connectivity index (χ1) is 16.5. The molecule has 0 amide bonds. The molecule has 4 aromatic rings. The van der Waals surface area contributed by atoms with Crippen LogP contribution >= 0.6 is 0 Å². The molecule has 0 aliphatic rings. The van der Waals surface area contributed by atoms with Crippen LogP contribution in [0.15, 0.2) is 60.8 Å². The summed E-state index contributed by atoms with van der Waals surface area (Å²) in [7, 11) is 1.39. The lowest BCUT2D eigenvalue weighted by Crippen LogP contribution is -2.08. The Bertz CT molecular complexity index is 1310. The van der Waals surface area contributed by atoms with Gasteiger partial charge in [0.25, 0.3) is 0 Å². The summed E-state index contributed by atoms with van der Waals surface area (Å²) in [5.74, 6) is -0.404. The molecule has 34 heavy (non-hydrogen) atoms. The molecule has 1 aromatic carbocycles. The highest BCUT2D eigenvalue weighted by Gasteiger charge is 2.18. The van der Waals surface area contributed by atoms with Crippen molar-refractivity contribution in [2.45, 2.75) is 39.5 Å². The Hall–Kier alpha value is -3.65. The number of carbonyl (C=O) groups excluding carboxylic acids is 1. The number of pyridine rings is 2. The molecular weight excluding hydrogens is 450 g/mol. The second kappa shape index (κ2) is 12.0. The van der Waals surface area contributed by atoms with Gasteiger partial charge >= 0.3 is 17.5 Å². The monoisotopic (exact) mass is 477 g/mol. The minimum atomic E-state index is -0.750. The van der Waals surface area contributed by atoms with Crippen LogP contribution in [0.5, 0.6) is 0 Å². The summed E-state index contributed by atoms with van der Waals surface area (Å²) in [5.41, 5.74) is 7.61. The van der Waals surface area contributed by atoms with Gasteiger partial charge in [0.1, 0.15) is 5.69 Å².